The van der Waals surface area contributed by atoms with Gasteiger partial charge in [-0.3, -0.25) is 4.79 Å². The highest BCUT2D eigenvalue weighted by Crippen LogP contribution is 2.30. The molecule has 0 fully saturated rings. The van der Waals surface area contributed by atoms with Crippen LogP contribution in [0.25, 0.3) is 6.08 Å². The third kappa shape index (κ3) is 7.73. The summed E-state index contributed by atoms with van der Waals surface area (Å²) >= 11 is 11.8. The van der Waals surface area contributed by atoms with Crippen molar-refractivity contribution in [1.29, 1.82) is 0 Å². The van der Waals surface area contributed by atoms with Crippen molar-refractivity contribution < 1.29 is 32.6 Å². The van der Waals surface area contributed by atoms with Crippen LogP contribution in [-0.4, -0.2) is 32.2 Å². The Morgan fingerprint density at radius 3 is 2.48 bits per heavy atom. The van der Waals surface area contributed by atoms with Crippen LogP contribution in [0.3, 0.4) is 0 Å². The minimum absolute atomic E-state index is 0.0754. The van der Waals surface area contributed by atoms with Crippen LogP contribution < -0.4 is 14.8 Å². The van der Waals surface area contributed by atoms with Crippen LogP contribution in [0.2, 0.25) is 10.0 Å². The molecule has 1 unspecified atom stereocenters. The lowest BCUT2D eigenvalue weighted by molar-refractivity contribution is -0.144. The molecule has 6 nitrogen and oxygen atoms in total. The van der Waals surface area contributed by atoms with Gasteiger partial charge in [-0.1, -0.05) is 35.3 Å². The third-order valence-electron chi connectivity index (χ3n) is 3.98. The van der Waals surface area contributed by atoms with Gasteiger partial charge < -0.3 is 19.5 Å². The minimum atomic E-state index is -2.99. The lowest BCUT2D eigenvalue weighted by Gasteiger charge is -2.15. The van der Waals surface area contributed by atoms with Crippen molar-refractivity contribution in [3.63, 3.8) is 0 Å². The first-order valence-corrected chi connectivity index (χ1v) is 9.67. The smallest absolute Gasteiger partial charge is 0.387 e. The van der Waals surface area contributed by atoms with E-state index in [9.17, 15) is 18.4 Å². The quantitative estimate of drug-likeness (QED) is 0.408. The number of alkyl halides is 2. The average molecular weight is 474 g/mol. The molecular formula is C21H19Cl2F2NO5. The molecule has 2 aromatic rings. The van der Waals surface area contributed by atoms with Gasteiger partial charge in [0.25, 0.3) is 5.91 Å². The van der Waals surface area contributed by atoms with E-state index in [0.29, 0.717) is 15.6 Å². The second-order valence-electron chi connectivity index (χ2n) is 6.19. The number of benzene rings is 2. The lowest BCUT2D eigenvalue weighted by atomic mass is 10.1. The topological polar surface area (TPSA) is 73.9 Å². The fourth-order valence-corrected chi connectivity index (χ4v) is 2.78. The first-order chi connectivity index (χ1) is 14.7. The highest BCUT2D eigenvalue weighted by Gasteiger charge is 2.13. The molecule has 0 spiro atoms. The third-order valence-corrected chi connectivity index (χ3v) is 4.72. The predicted octanol–water partition coefficient (Wildman–Crippen LogP) is 5.04. The normalized spacial score (nSPS) is 12.0. The van der Waals surface area contributed by atoms with E-state index >= 15 is 0 Å². The number of rotatable bonds is 9. The monoisotopic (exact) mass is 473 g/mol. The minimum Gasteiger partial charge on any atom is -0.493 e. The SMILES string of the molecule is COc1cc(/C=C/C(=O)OCC(=O)NC(C)c2ccc(Cl)c(Cl)c2)ccc1OC(F)F. The molecule has 0 aromatic heterocycles. The van der Waals surface area contributed by atoms with E-state index < -0.39 is 25.1 Å². The number of carbonyl (C=O) groups excluding carboxylic acids is 2. The molecule has 0 saturated carbocycles. The van der Waals surface area contributed by atoms with Gasteiger partial charge in [0.05, 0.1) is 23.2 Å². The molecule has 2 aromatic carbocycles. The first-order valence-electron chi connectivity index (χ1n) is 8.91. The maximum atomic E-state index is 12.4. The summed E-state index contributed by atoms with van der Waals surface area (Å²) in [5, 5.41) is 3.44. The summed E-state index contributed by atoms with van der Waals surface area (Å²) in [5.41, 5.74) is 1.22. The van der Waals surface area contributed by atoms with Crippen LogP contribution in [0.15, 0.2) is 42.5 Å². The standard InChI is InChI=1S/C21H19Cl2F2NO5/c1-12(14-5-6-15(22)16(23)10-14)26-19(27)11-30-20(28)8-4-13-3-7-17(31-21(24)25)18(9-13)29-2/h3-10,12,21H,11H2,1-2H3,(H,26,27)/b8-4+. The Labute approximate surface area is 187 Å². The van der Waals surface area contributed by atoms with Crippen LogP contribution >= 0.6 is 23.2 Å². The first kappa shape index (κ1) is 24.4. The summed E-state index contributed by atoms with van der Waals surface area (Å²) in [4.78, 5) is 23.9. The molecule has 10 heteroatoms. The number of ether oxygens (including phenoxy) is 3. The summed E-state index contributed by atoms with van der Waals surface area (Å²) in [6, 6.07) is 8.75. The van der Waals surface area contributed by atoms with Crippen molar-refractivity contribution in [2.75, 3.05) is 13.7 Å². The fourth-order valence-electron chi connectivity index (χ4n) is 2.48. The van der Waals surface area contributed by atoms with E-state index in [-0.39, 0.29) is 17.5 Å². The van der Waals surface area contributed by atoms with Gasteiger partial charge in [-0.2, -0.15) is 8.78 Å². The van der Waals surface area contributed by atoms with Gasteiger partial charge in [0.15, 0.2) is 18.1 Å². The Bertz CT molecular complexity index is 969. The second kappa shape index (κ2) is 11.5. The largest absolute Gasteiger partial charge is 0.493 e. The Hall–Kier alpha value is -2.84. The Balaban J connectivity index is 1.87. The zero-order valence-corrected chi connectivity index (χ0v) is 18.0. The zero-order chi connectivity index (χ0) is 23.0. The molecule has 1 amide bonds. The highest BCUT2D eigenvalue weighted by molar-refractivity contribution is 6.42. The van der Waals surface area contributed by atoms with Crippen LogP contribution in [0, 0.1) is 0 Å². The van der Waals surface area contributed by atoms with Crippen molar-refractivity contribution in [2.45, 2.75) is 19.6 Å². The molecule has 0 bridgehead atoms. The molecule has 0 saturated heterocycles. The summed E-state index contributed by atoms with van der Waals surface area (Å²) in [7, 11) is 1.30. The molecule has 0 aliphatic carbocycles. The van der Waals surface area contributed by atoms with E-state index in [1.54, 1.807) is 25.1 Å². The number of carbonyl (C=O) groups is 2. The molecule has 2 rings (SSSR count). The lowest BCUT2D eigenvalue weighted by Crippen LogP contribution is -2.30. The van der Waals surface area contributed by atoms with Crippen molar-refractivity contribution in [3.05, 3.63) is 63.6 Å². The number of amides is 1. The zero-order valence-electron chi connectivity index (χ0n) is 16.5. The van der Waals surface area contributed by atoms with Crippen molar-refractivity contribution >= 4 is 41.2 Å². The number of nitrogens with one attached hydrogen (secondary N) is 1. The van der Waals surface area contributed by atoms with Crippen molar-refractivity contribution in [3.8, 4) is 11.5 Å². The average Bonchev–Trinajstić information content (AvgIpc) is 2.72. The Morgan fingerprint density at radius 2 is 1.84 bits per heavy atom. The highest BCUT2D eigenvalue weighted by atomic mass is 35.5. The number of methoxy groups -OCH3 is 1. The van der Waals surface area contributed by atoms with Gasteiger partial charge in [-0.25, -0.2) is 4.79 Å². The summed E-state index contributed by atoms with van der Waals surface area (Å²) in [5.74, 6) is -1.32. The van der Waals surface area contributed by atoms with Gasteiger partial charge in [0, 0.05) is 6.08 Å². The van der Waals surface area contributed by atoms with Crippen LogP contribution in [0.4, 0.5) is 8.78 Å². The molecule has 166 valence electrons. The van der Waals surface area contributed by atoms with E-state index in [0.717, 1.165) is 11.6 Å². The van der Waals surface area contributed by atoms with Gasteiger partial charge in [0.1, 0.15) is 0 Å². The number of hydrogen-bond acceptors (Lipinski definition) is 5. The summed E-state index contributed by atoms with van der Waals surface area (Å²) in [6.07, 6.45) is 2.48. The van der Waals surface area contributed by atoms with Crippen molar-refractivity contribution in [1.82, 2.24) is 5.32 Å². The van der Waals surface area contributed by atoms with E-state index in [1.807, 2.05) is 0 Å². The summed E-state index contributed by atoms with van der Waals surface area (Å²) in [6.45, 7) is -1.73. The fraction of sp³-hybridized carbons (Fsp3) is 0.238. The van der Waals surface area contributed by atoms with Crippen LogP contribution in [0.5, 0.6) is 11.5 Å². The summed E-state index contributed by atoms with van der Waals surface area (Å²) < 4.78 is 38.9. The predicted molar refractivity (Wildman–Crippen MR) is 113 cm³/mol. The van der Waals surface area contributed by atoms with E-state index in [4.69, 9.17) is 32.7 Å². The number of esters is 1. The maximum absolute atomic E-state index is 12.4. The van der Waals surface area contributed by atoms with Crippen molar-refractivity contribution in [2.24, 2.45) is 0 Å². The number of halogens is 4. The molecule has 0 aliphatic rings. The molecule has 0 aliphatic heterocycles. The van der Waals surface area contributed by atoms with Gasteiger partial charge >= 0.3 is 12.6 Å². The Morgan fingerprint density at radius 1 is 1.10 bits per heavy atom. The molecule has 0 heterocycles. The molecule has 31 heavy (non-hydrogen) atoms. The molecule has 1 N–H and O–H groups in total. The Kier molecular flexibility index (Phi) is 9.08. The molecular weight excluding hydrogens is 455 g/mol. The maximum Gasteiger partial charge on any atom is 0.387 e. The second-order valence-corrected chi connectivity index (χ2v) is 7.01. The van der Waals surface area contributed by atoms with Crippen LogP contribution in [-0.2, 0) is 14.3 Å². The van der Waals surface area contributed by atoms with Gasteiger partial charge in [0.2, 0.25) is 0 Å². The van der Waals surface area contributed by atoms with E-state index in [1.165, 1.54) is 31.4 Å². The van der Waals surface area contributed by atoms with Gasteiger partial charge in [-0.05, 0) is 48.4 Å². The van der Waals surface area contributed by atoms with Gasteiger partial charge in [-0.15, -0.1) is 0 Å². The molecule has 1 atom stereocenters. The van der Waals surface area contributed by atoms with Crippen LogP contribution in [0.1, 0.15) is 24.1 Å². The number of hydrogen-bond donors (Lipinski definition) is 1. The molecule has 0 radical (unpaired) electrons. The van der Waals surface area contributed by atoms with E-state index in [2.05, 4.69) is 10.1 Å².